The molecule has 1 unspecified atom stereocenters. The lowest BCUT2D eigenvalue weighted by Gasteiger charge is -2.32. The standard InChI is InChI=1S/C13H20N2O5S/c1-3-6-14(7-4-2)13(18)15(9-12(16)17)11-5-8-21(19,20)10-11/h3-4,11H,1-2,5-10H2,(H,16,17). The predicted octanol–water partition coefficient (Wildman–Crippen LogP) is 0.354. The SMILES string of the molecule is C=CCN(CC=C)C(=O)N(CC(=O)O)C1CCS(=O)(=O)C1. The Bertz CT molecular complexity index is 519. The highest BCUT2D eigenvalue weighted by Crippen LogP contribution is 2.19. The summed E-state index contributed by atoms with van der Waals surface area (Å²) in [5, 5.41) is 8.96. The van der Waals surface area contributed by atoms with Gasteiger partial charge in [0.15, 0.2) is 9.84 Å². The third-order valence-corrected chi connectivity index (χ3v) is 4.92. The first kappa shape index (κ1) is 17.2. The van der Waals surface area contributed by atoms with Crippen LogP contribution in [-0.2, 0) is 14.6 Å². The molecule has 1 fully saturated rings. The van der Waals surface area contributed by atoms with Gasteiger partial charge in [-0.2, -0.15) is 0 Å². The molecule has 1 aliphatic rings. The summed E-state index contributed by atoms with van der Waals surface area (Å²) in [6.07, 6.45) is 3.30. The maximum absolute atomic E-state index is 12.5. The van der Waals surface area contributed by atoms with Crippen LogP contribution < -0.4 is 0 Å². The normalized spacial score (nSPS) is 19.7. The molecule has 0 aromatic carbocycles. The van der Waals surface area contributed by atoms with E-state index >= 15 is 0 Å². The predicted molar refractivity (Wildman–Crippen MR) is 78.8 cm³/mol. The number of nitrogens with zero attached hydrogens (tertiary/aromatic N) is 2. The largest absolute Gasteiger partial charge is 0.480 e. The molecule has 0 spiro atoms. The van der Waals surface area contributed by atoms with Gasteiger partial charge in [0.25, 0.3) is 0 Å². The molecule has 8 heteroatoms. The Labute approximate surface area is 124 Å². The Kier molecular flexibility index (Phi) is 5.95. The van der Waals surface area contributed by atoms with E-state index in [1.54, 1.807) is 0 Å². The second-order valence-corrected chi connectivity index (χ2v) is 7.07. The number of aliphatic carboxylic acids is 1. The van der Waals surface area contributed by atoms with Gasteiger partial charge in [-0.1, -0.05) is 12.2 Å². The molecule has 118 valence electrons. The van der Waals surface area contributed by atoms with E-state index < -0.39 is 34.4 Å². The van der Waals surface area contributed by atoms with Crippen molar-refractivity contribution >= 4 is 21.8 Å². The lowest BCUT2D eigenvalue weighted by Crippen LogP contribution is -2.50. The zero-order valence-electron chi connectivity index (χ0n) is 11.8. The second kappa shape index (κ2) is 7.26. The summed E-state index contributed by atoms with van der Waals surface area (Å²) in [4.78, 5) is 25.9. The summed E-state index contributed by atoms with van der Waals surface area (Å²) < 4.78 is 23.1. The van der Waals surface area contributed by atoms with Crippen molar-refractivity contribution in [2.75, 3.05) is 31.1 Å². The van der Waals surface area contributed by atoms with Crippen LogP contribution >= 0.6 is 0 Å². The van der Waals surface area contributed by atoms with Crippen molar-refractivity contribution in [1.29, 1.82) is 0 Å². The Hall–Kier alpha value is -1.83. The molecular formula is C13H20N2O5S. The number of carbonyl (C=O) groups is 2. The van der Waals surface area contributed by atoms with Crippen molar-refractivity contribution in [2.24, 2.45) is 0 Å². The Morgan fingerprint density at radius 3 is 2.19 bits per heavy atom. The van der Waals surface area contributed by atoms with Gasteiger partial charge in [-0.15, -0.1) is 13.2 Å². The molecule has 0 aromatic heterocycles. The number of urea groups is 1. The lowest BCUT2D eigenvalue weighted by molar-refractivity contribution is -0.138. The summed E-state index contributed by atoms with van der Waals surface area (Å²) in [5.41, 5.74) is 0. The third-order valence-electron chi connectivity index (χ3n) is 3.17. The minimum atomic E-state index is -3.21. The number of hydrogen-bond donors (Lipinski definition) is 1. The Balaban J connectivity index is 2.95. The van der Waals surface area contributed by atoms with E-state index in [2.05, 4.69) is 13.2 Å². The molecule has 1 heterocycles. The fourth-order valence-corrected chi connectivity index (χ4v) is 3.97. The molecule has 21 heavy (non-hydrogen) atoms. The van der Waals surface area contributed by atoms with Crippen molar-refractivity contribution < 1.29 is 23.1 Å². The number of carbonyl (C=O) groups excluding carboxylic acids is 1. The van der Waals surface area contributed by atoms with Crippen LogP contribution in [0, 0.1) is 0 Å². The van der Waals surface area contributed by atoms with Crippen molar-refractivity contribution in [1.82, 2.24) is 9.80 Å². The van der Waals surface area contributed by atoms with Gasteiger partial charge in [0.1, 0.15) is 6.54 Å². The monoisotopic (exact) mass is 316 g/mol. The smallest absolute Gasteiger partial charge is 0.323 e. The van der Waals surface area contributed by atoms with Crippen LogP contribution in [0.25, 0.3) is 0 Å². The minimum absolute atomic E-state index is 0.0238. The van der Waals surface area contributed by atoms with Crippen LogP contribution in [-0.4, -0.2) is 72.5 Å². The van der Waals surface area contributed by atoms with Crippen LogP contribution in [0.2, 0.25) is 0 Å². The molecule has 0 aromatic rings. The molecule has 7 nitrogen and oxygen atoms in total. The first-order chi connectivity index (χ1) is 9.80. The number of sulfone groups is 1. The topological polar surface area (TPSA) is 95.0 Å². The Morgan fingerprint density at radius 1 is 1.24 bits per heavy atom. The summed E-state index contributed by atoms with van der Waals surface area (Å²) in [6, 6.07) is -1.12. The molecule has 0 aliphatic carbocycles. The maximum Gasteiger partial charge on any atom is 0.323 e. The summed E-state index contributed by atoms with van der Waals surface area (Å²) in [6.45, 7) is 7.04. The molecule has 0 saturated carbocycles. The summed E-state index contributed by atoms with van der Waals surface area (Å²) >= 11 is 0. The highest BCUT2D eigenvalue weighted by atomic mass is 32.2. The van der Waals surface area contributed by atoms with Crippen LogP contribution in [0.3, 0.4) is 0 Å². The van der Waals surface area contributed by atoms with E-state index in [1.165, 1.54) is 17.1 Å². The summed E-state index contributed by atoms with van der Waals surface area (Å²) in [7, 11) is -3.21. The number of carboxylic acids is 1. The molecule has 0 radical (unpaired) electrons. The van der Waals surface area contributed by atoms with Gasteiger partial charge in [-0.25, -0.2) is 13.2 Å². The van der Waals surface area contributed by atoms with Crippen LogP contribution in [0.1, 0.15) is 6.42 Å². The highest BCUT2D eigenvalue weighted by molar-refractivity contribution is 7.91. The van der Waals surface area contributed by atoms with E-state index in [9.17, 15) is 18.0 Å². The van der Waals surface area contributed by atoms with Gasteiger partial charge >= 0.3 is 12.0 Å². The van der Waals surface area contributed by atoms with Crippen LogP contribution in [0.15, 0.2) is 25.3 Å². The van der Waals surface area contributed by atoms with E-state index in [0.717, 1.165) is 4.90 Å². The second-order valence-electron chi connectivity index (χ2n) is 4.84. The molecule has 0 bridgehead atoms. The van der Waals surface area contributed by atoms with Crippen LogP contribution in [0.4, 0.5) is 4.79 Å². The van der Waals surface area contributed by atoms with E-state index in [-0.39, 0.29) is 31.0 Å². The van der Waals surface area contributed by atoms with Crippen molar-refractivity contribution in [3.05, 3.63) is 25.3 Å². The van der Waals surface area contributed by atoms with Crippen molar-refractivity contribution in [3.63, 3.8) is 0 Å². The zero-order valence-corrected chi connectivity index (χ0v) is 12.6. The van der Waals surface area contributed by atoms with Crippen molar-refractivity contribution in [3.8, 4) is 0 Å². The molecule has 1 atom stereocenters. The summed E-state index contributed by atoms with van der Waals surface area (Å²) in [5.74, 6) is -1.39. The van der Waals surface area contributed by atoms with Gasteiger partial charge in [0, 0.05) is 19.1 Å². The first-order valence-corrected chi connectivity index (χ1v) is 8.32. The minimum Gasteiger partial charge on any atom is -0.480 e. The van der Waals surface area contributed by atoms with Crippen molar-refractivity contribution in [2.45, 2.75) is 12.5 Å². The van der Waals surface area contributed by atoms with E-state index in [1.807, 2.05) is 0 Å². The molecule has 1 rings (SSSR count). The number of carboxylic acid groups (broad SMARTS) is 1. The third kappa shape index (κ3) is 4.89. The van der Waals surface area contributed by atoms with Gasteiger partial charge in [-0.3, -0.25) is 4.79 Å². The average Bonchev–Trinajstić information content (AvgIpc) is 2.75. The van der Waals surface area contributed by atoms with Gasteiger partial charge in [0.05, 0.1) is 11.5 Å². The quantitative estimate of drug-likeness (QED) is 0.684. The Morgan fingerprint density at radius 2 is 1.81 bits per heavy atom. The van der Waals surface area contributed by atoms with Gasteiger partial charge in [0.2, 0.25) is 0 Å². The molecule has 1 aliphatic heterocycles. The van der Waals surface area contributed by atoms with E-state index in [4.69, 9.17) is 5.11 Å². The highest BCUT2D eigenvalue weighted by Gasteiger charge is 2.36. The molecule has 2 amide bonds. The number of rotatable bonds is 7. The number of hydrogen-bond acceptors (Lipinski definition) is 4. The fourth-order valence-electron chi connectivity index (χ4n) is 2.24. The molecular weight excluding hydrogens is 296 g/mol. The molecule has 1 N–H and O–H groups in total. The average molecular weight is 316 g/mol. The zero-order chi connectivity index (χ0) is 16.0. The molecule has 1 saturated heterocycles. The van der Waals surface area contributed by atoms with Gasteiger partial charge in [-0.05, 0) is 6.42 Å². The van der Waals surface area contributed by atoms with E-state index in [0.29, 0.717) is 0 Å². The maximum atomic E-state index is 12.5. The first-order valence-electron chi connectivity index (χ1n) is 6.50. The number of amides is 2. The van der Waals surface area contributed by atoms with Gasteiger partial charge < -0.3 is 14.9 Å². The van der Waals surface area contributed by atoms with Crippen LogP contribution in [0.5, 0.6) is 0 Å². The lowest BCUT2D eigenvalue weighted by atomic mass is 10.2. The fraction of sp³-hybridized carbons (Fsp3) is 0.538.